The van der Waals surface area contributed by atoms with Gasteiger partial charge in [-0.05, 0) is 31.0 Å². The first-order valence-corrected chi connectivity index (χ1v) is 6.98. The lowest BCUT2D eigenvalue weighted by atomic mass is 10.1. The molecule has 0 aliphatic heterocycles. The third-order valence-corrected chi connectivity index (χ3v) is 3.60. The summed E-state index contributed by atoms with van der Waals surface area (Å²) in [6.07, 6.45) is 2.41. The molecule has 1 aromatic carbocycles. The van der Waals surface area contributed by atoms with E-state index < -0.39 is 0 Å². The number of halogens is 1. The van der Waals surface area contributed by atoms with Crippen LogP contribution in [0.5, 0.6) is 5.75 Å². The molecule has 5 heteroatoms. The Morgan fingerprint density at radius 1 is 1.58 bits per heavy atom. The fraction of sp³-hybridized carbons (Fsp3) is 0.429. The van der Waals surface area contributed by atoms with Gasteiger partial charge in [-0.15, -0.1) is 0 Å². The van der Waals surface area contributed by atoms with Crippen LogP contribution in [0.15, 0.2) is 22.7 Å². The summed E-state index contributed by atoms with van der Waals surface area (Å²) in [5.41, 5.74) is 0.551. The molecular formula is C14H15BrN2O2. The number of ether oxygens (including phenoxy) is 1. The zero-order valence-corrected chi connectivity index (χ0v) is 12.3. The first-order chi connectivity index (χ1) is 9.17. The highest BCUT2D eigenvalue weighted by atomic mass is 79.9. The third kappa shape index (κ3) is 3.27. The number of nitriles is 1. The molecule has 1 saturated carbocycles. The van der Waals surface area contributed by atoms with Crippen LogP contribution in [0.2, 0.25) is 0 Å². The summed E-state index contributed by atoms with van der Waals surface area (Å²) in [6, 6.07) is 7.74. The summed E-state index contributed by atoms with van der Waals surface area (Å²) in [5.74, 6) is 0.504. The summed E-state index contributed by atoms with van der Waals surface area (Å²) >= 11 is 3.36. The lowest BCUT2D eigenvalue weighted by Crippen LogP contribution is -2.34. The van der Waals surface area contributed by atoms with E-state index in [0.29, 0.717) is 24.3 Å². The topological polar surface area (TPSA) is 53.3 Å². The number of carbonyl (C=O) groups excluding carboxylic acids is 1. The molecule has 19 heavy (non-hydrogen) atoms. The smallest absolute Gasteiger partial charge is 0.257 e. The van der Waals surface area contributed by atoms with Gasteiger partial charge in [0.05, 0.1) is 25.2 Å². The second-order valence-corrected chi connectivity index (χ2v) is 5.40. The highest BCUT2D eigenvalue weighted by Gasteiger charge is 2.33. The van der Waals surface area contributed by atoms with Gasteiger partial charge in [-0.1, -0.05) is 15.9 Å². The van der Waals surface area contributed by atoms with Gasteiger partial charge in [-0.25, -0.2) is 0 Å². The van der Waals surface area contributed by atoms with E-state index in [-0.39, 0.29) is 11.9 Å². The van der Waals surface area contributed by atoms with Crippen molar-refractivity contribution in [3.63, 3.8) is 0 Å². The van der Waals surface area contributed by atoms with Crippen molar-refractivity contribution in [2.75, 3.05) is 13.7 Å². The molecule has 1 aromatic rings. The third-order valence-electron chi connectivity index (χ3n) is 3.11. The Labute approximate surface area is 121 Å². The minimum atomic E-state index is -0.0536. The molecule has 4 nitrogen and oxygen atoms in total. The van der Waals surface area contributed by atoms with E-state index in [1.165, 1.54) is 0 Å². The molecule has 2 rings (SSSR count). The fourth-order valence-corrected chi connectivity index (χ4v) is 2.34. The highest BCUT2D eigenvalue weighted by Crippen LogP contribution is 2.31. The Hall–Kier alpha value is -1.54. The maximum atomic E-state index is 12.5. The van der Waals surface area contributed by atoms with Crippen molar-refractivity contribution in [2.45, 2.75) is 25.3 Å². The van der Waals surface area contributed by atoms with Crippen LogP contribution in [-0.2, 0) is 0 Å². The Bertz CT molecular complexity index is 521. The molecule has 0 saturated heterocycles. The number of benzene rings is 1. The van der Waals surface area contributed by atoms with Gasteiger partial charge >= 0.3 is 0 Å². The normalized spacial score (nSPS) is 13.7. The lowest BCUT2D eigenvalue weighted by molar-refractivity contribution is 0.0743. The van der Waals surface area contributed by atoms with Crippen molar-refractivity contribution in [3.05, 3.63) is 28.2 Å². The van der Waals surface area contributed by atoms with Gasteiger partial charge < -0.3 is 9.64 Å². The molecule has 0 unspecified atom stereocenters. The summed E-state index contributed by atoms with van der Waals surface area (Å²) in [5, 5.41) is 8.69. The van der Waals surface area contributed by atoms with Crippen LogP contribution >= 0.6 is 15.9 Å². The monoisotopic (exact) mass is 322 g/mol. The van der Waals surface area contributed by atoms with E-state index in [0.717, 1.165) is 17.3 Å². The van der Waals surface area contributed by atoms with Gasteiger partial charge in [-0.3, -0.25) is 4.79 Å². The molecule has 1 fully saturated rings. The van der Waals surface area contributed by atoms with Crippen LogP contribution in [0.25, 0.3) is 0 Å². The molecule has 100 valence electrons. The summed E-state index contributed by atoms with van der Waals surface area (Å²) < 4.78 is 6.13. The molecule has 1 amide bonds. The Balaban J connectivity index is 2.23. The van der Waals surface area contributed by atoms with Crippen LogP contribution in [-0.4, -0.2) is 30.5 Å². The molecule has 0 radical (unpaired) electrons. The van der Waals surface area contributed by atoms with E-state index in [1.54, 1.807) is 24.1 Å². The number of hydrogen-bond acceptors (Lipinski definition) is 3. The number of rotatable bonds is 5. The SMILES string of the molecule is COc1cc(Br)ccc1C(=O)N(CCC#N)C1CC1. The largest absolute Gasteiger partial charge is 0.496 e. The van der Waals surface area contributed by atoms with Gasteiger partial charge in [-0.2, -0.15) is 5.26 Å². The van der Waals surface area contributed by atoms with Crippen LogP contribution < -0.4 is 4.74 Å². The molecule has 1 aliphatic carbocycles. The second kappa shape index (κ2) is 6.07. The lowest BCUT2D eigenvalue weighted by Gasteiger charge is -2.22. The molecule has 0 N–H and O–H groups in total. The number of amides is 1. The van der Waals surface area contributed by atoms with Gasteiger partial charge in [0, 0.05) is 17.1 Å². The standard InChI is InChI=1S/C14H15BrN2O2/c1-19-13-9-10(15)3-6-12(13)14(18)17(8-2-7-16)11-4-5-11/h3,6,9,11H,2,4-5,8H2,1H3. The van der Waals surface area contributed by atoms with Crippen LogP contribution in [0, 0.1) is 11.3 Å². The quantitative estimate of drug-likeness (QED) is 0.837. The minimum absolute atomic E-state index is 0.0536. The highest BCUT2D eigenvalue weighted by molar-refractivity contribution is 9.10. The summed E-state index contributed by atoms with van der Waals surface area (Å²) in [7, 11) is 1.55. The molecule has 0 spiro atoms. The van der Waals surface area contributed by atoms with Crippen LogP contribution in [0.4, 0.5) is 0 Å². The van der Waals surface area contributed by atoms with Gasteiger partial charge in [0.15, 0.2) is 0 Å². The Morgan fingerprint density at radius 3 is 2.89 bits per heavy atom. The van der Waals surface area contributed by atoms with E-state index >= 15 is 0 Å². The number of carbonyl (C=O) groups is 1. The van der Waals surface area contributed by atoms with Crippen LogP contribution in [0.3, 0.4) is 0 Å². The Kier molecular flexibility index (Phi) is 4.43. The van der Waals surface area contributed by atoms with Crippen LogP contribution in [0.1, 0.15) is 29.6 Å². The maximum absolute atomic E-state index is 12.5. The summed E-state index contributed by atoms with van der Waals surface area (Å²) in [4.78, 5) is 14.3. The zero-order valence-electron chi connectivity index (χ0n) is 10.7. The molecule has 0 heterocycles. The van der Waals surface area contributed by atoms with E-state index in [4.69, 9.17) is 10.00 Å². The number of methoxy groups -OCH3 is 1. The van der Waals surface area contributed by atoms with Crippen molar-refractivity contribution in [2.24, 2.45) is 0 Å². The van der Waals surface area contributed by atoms with E-state index in [2.05, 4.69) is 22.0 Å². The average molecular weight is 323 g/mol. The maximum Gasteiger partial charge on any atom is 0.257 e. The number of nitrogens with zero attached hydrogens (tertiary/aromatic N) is 2. The molecule has 0 atom stereocenters. The first kappa shape index (κ1) is 13.9. The van der Waals surface area contributed by atoms with Gasteiger partial charge in [0.1, 0.15) is 5.75 Å². The molecule has 1 aliphatic rings. The Morgan fingerprint density at radius 2 is 2.32 bits per heavy atom. The molecular weight excluding hydrogens is 308 g/mol. The average Bonchev–Trinajstić information content (AvgIpc) is 3.23. The fourth-order valence-electron chi connectivity index (χ4n) is 2.00. The molecule has 0 aromatic heterocycles. The predicted octanol–water partition coefficient (Wildman–Crippen LogP) is 2.98. The minimum Gasteiger partial charge on any atom is -0.496 e. The van der Waals surface area contributed by atoms with Crippen molar-refractivity contribution >= 4 is 21.8 Å². The first-order valence-electron chi connectivity index (χ1n) is 6.19. The molecule has 0 bridgehead atoms. The second-order valence-electron chi connectivity index (χ2n) is 4.48. The van der Waals surface area contributed by atoms with Crippen molar-refractivity contribution < 1.29 is 9.53 Å². The van der Waals surface area contributed by atoms with Crippen molar-refractivity contribution in [3.8, 4) is 11.8 Å². The predicted molar refractivity (Wildman–Crippen MR) is 75.0 cm³/mol. The van der Waals surface area contributed by atoms with Gasteiger partial charge in [0.25, 0.3) is 5.91 Å². The summed E-state index contributed by atoms with van der Waals surface area (Å²) in [6.45, 7) is 0.485. The van der Waals surface area contributed by atoms with Crippen molar-refractivity contribution in [1.82, 2.24) is 4.90 Å². The zero-order chi connectivity index (χ0) is 13.8. The van der Waals surface area contributed by atoms with E-state index in [1.807, 2.05) is 6.07 Å². The van der Waals surface area contributed by atoms with Gasteiger partial charge in [0.2, 0.25) is 0 Å². The number of hydrogen-bond donors (Lipinski definition) is 0. The van der Waals surface area contributed by atoms with E-state index in [9.17, 15) is 4.79 Å². The van der Waals surface area contributed by atoms with Crippen molar-refractivity contribution in [1.29, 1.82) is 5.26 Å².